The van der Waals surface area contributed by atoms with Crippen molar-refractivity contribution in [3.63, 3.8) is 0 Å². The summed E-state index contributed by atoms with van der Waals surface area (Å²) in [4.78, 5) is 0. The van der Waals surface area contributed by atoms with Crippen LogP contribution >= 0.6 is 15.9 Å². The zero-order valence-electron chi connectivity index (χ0n) is 8.50. The monoisotopic (exact) mass is 257 g/mol. The van der Waals surface area contributed by atoms with Gasteiger partial charge in [0.2, 0.25) is 0 Å². The van der Waals surface area contributed by atoms with Crippen LogP contribution in [0.15, 0.2) is 22.7 Å². The van der Waals surface area contributed by atoms with E-state index in [9.17, 15) is 5.11 Å². The van der Waals surface area contributed by atoms with Crippen molar-refractivity contribution in [3.8, 4) is 5.75 Å². The molecule has 0 spiro atoms. The van der Waals surface area contributed by atoms with E-state index in [0.29, 0.717) is 5.92 Å². The molecule has 78 valence electrons. The van der Waals surface area contributed by atoms with E-state index in [1.54, 1.807) is 6.07 Å². The zero-order chi connectivity index (χ0) is 10.7. The summed E-state index contributed by atoms with van der Waals surface area (Å²) in [6.07, 6.45) is 1.01. The molecule has 2 atom stereocenters. The fourth-order valence-electron chi connectivity index (χ4n) is 1.36. The SMILES string of the molecule is CCC(C)[C@H](N)c1ccc(Br)cc1O. The minimum Gasteiger partial charge on any atom is -0.508 e. The van der Waals surface area contributed by atoms with Crippen LogP contribution in [0.1, 0.15) is 31.9 Å². The maximum Gasteiger partial charge on any atom is 0.121 e. The first-order chi connectivity index (χ1) is 6.56. The molecule has 0 saturated carbocycles. The van der Waals surface area contributed by atoms with Crippen LogP contribution < -0.4 is 5.73 Å². The van der Waals surface area contributed by atoms with E-state index in [1.807, 2.05) is 12.1 Å². The van der Waals surface area contributed by atoms with Crippen molar-refractivity contribution in [3.05, 3.63) is 28.2 Å². The van der Waals surface area contributed by atoms with Crippen molar-refractivity contribution >= 4 is 15.9 Å². The Kier molecular flexibility index (Phi) is 3.96. The van der Waals surface area contributed by atoms with E-state index in [-0.39, 0.29) is 11.8 Å². The third kappa shape index (κ3) is 2.49. The van der Waals surface area contributed by atoms with Crippen LogP contribution in [0.4, 0.5) is 0 Å². The highest BCUT2D eigenvalue weighted by Crippen LogP contribution is 2.30. The van der Waals surface area contributed by atoms with Crippen molar-refractivity contribution in [2.45, 2.75) is 26.3 Å². The minimum atomic E-state index is -0.0897. The van der Waals surface area contributed by atoms with Gasteiger partial charge in [-0.25, -0.2) is 0 Å². The Bertz CT molecular complexity index is 314. The predicted molar refractivity (Wildman–Crippen MR) is 62.2 cm³/mol. The fraction of sp³-hybridized carbons (Fsp3) is 0.455. The number of phenols is 1. The molecule has 0 aliphatic heterocycles. The summed E-state index contributed by atoms with van der Waals surface area (Å²) in [5.74, 6) is 0.647. The molecule has 0 radical (unpaired) electrons. The minimum absolute atomic E-state index is 0.0897. The number of benzene rings is 1. The van der Waals surface area contributed by atoms with Gasteiger partial charge in [0.25, 0.3) is 0 Å². The molecule has 0 aliphatic rings. The largest absolute Gasteiger partial charge is 0.508 e. The highest BCUT2D eigenvalue weighted by atomic mass is 79.9. The summed E-state index contributed by atoms with van der Waals surface area (Å²) in [7, 11) is 0. The molecule has 0 aliphatic carbocycles. The Morgan fingerprint density at radius 2 is 2.14 bits per heavy atom. The van der Waals surface area contributed by atoms with E-state index in [4.69, 9.17) is 5.73 Å². The van der Waals surface area contributed by atoms with Gasteiger partial charge in [0.05, 0.1) is 0 Å². The molecule has 1 aromatic carbocycles. The van der Waals surface area contributed by atoms with Gasteiger partial charge < -0.3 is 10.8 Å². The van der Waals surface area contributed by atoms with Gasteiger partial charge in [0.15, 0.2) is 0 Å². The summed E-state index contributed by atoms with van der Waals surface area (Å²) in [6, 6.07) is 5.36. The van der Waals surface area contributed by atoms with Crippen molar-refractivity contribution in [2.75, 3.05) is 0 Å². The Morgan fingerprint density at radius 1 is 1.50 bits per heavy atom. The average Bonchev–Trinajstić information content (AvgIpc) is 2.15. The molecule has 0 bridgehead atoms. The lowest BCUT2D eigenvalue weighted by Crippen LogP contribution is -2.18. The highest BCUT2D eigenvalue weighted by Gasteiger charge is 2.16. The van der Waals surface area contributed by atoms with Gasteiger partial charge in [0, 0.05) is 16.1 Å². The second-order valence-electron chi connectivity index (χ2n) is 3.61. The predicted octanol–water partition coefficient (Wildman–Crippen LogP) is 3.20. The van der Waals surface area contributed by atoms with Crippen LogP contribution in [0.5, 0.6) is 5.75 Å². The van der Waals surface area contributed by atoms with Gasteiger partial charge in [-0.3, -0.25) is 0 Å². The number of phenolic OH excluding ortho intramolecular Hbond substituents is 1. The summed E-state index contributed by atoms with van der Waals surface area (Å²) in [5.41, 5.74) is 6.85. The maximum atomic E-state index is 9.70. The second kappa shape index (κ2) is 4.80. The molecule has 3 heteroatoms. The van der Waals surface area contributed by atoms with Crippen LogP contribution in [0.25, 0.3) is 0 Å². The van der Waals surface area contributed by atoms with Gasteiger partial charge in [-0.1, -0.05) is 42.3 Å². The lowest BCUT2D eigenvalue weighted by molar-refractivity contribution is 0.419. The second-order valence-corrected chi connectivity index (χ2v) is 4.53. The Morgan fingerprint density at radius 3 is 2.64 bits per heavy atom. The molecule has 0 amide bonds. The van der Waals surface area contributed by atoms with Gasteiger partial charge in [0.1, 0.15) is 5.75 Å². The van der Waals surface area contributed by atoms with Gasteiger partial charge >= 0.3 is 0 Å². The van der Waals surface area contributed by atoms with Crippen LogP contribution in [-0.4, -0.2) is 5.11 Å². The molecular formula is C11H16BrNO. The Balaban J connectivity index is 2.95. The van der Waals surface area contributed by atoms with E-state index in [2.05, 4.69) is 29.8 Å². The summed E-state index contributed by atoms with van der Waals surface area (Å²) in [5, 5.41) is 9.70. The number of hydrogen-bond donors (Lipinski definition) is 2. The number of nitrogens with two attached hydrogens (primary N) is 1. The first-order valence-corrected chi connectivity index (χ1v) is 5.59. The molecule has 0 aromatic heterocycles. The lowest BCUT2D eigenvalue weighted by atomic mass is 9.93. The summed E-state index contributed by atoms with van der Waals surface area (Å²) >= 11 is 3.30. The smallest absolute Gasteiger partial charge is 0.121 e. The lowest BCUT2D eigenvalue weighted by Gasteiger charge is -2.19. The van der Waals surface area contributed by atoms with Crippen molar-refractivity contribution < 1.29 is 5.11 Å². The number of halogens is 1. The first-order valence-electron chi connectivity index (χ1n) is 4.80. The molecule has 14 heavy (non-hydrogen) atoms. The molecular weight excluding hydrogens is 242 g/mol. The number of aromatic hydroxyl groups is 1. The highest BCUT2D eigenvalue weighted by molar-refractivity contribution is 9.10. The molecule has 3 N–H and O–H groups in total. The van der Waals surface area contributed by atoms with Crippen LogP contribution in [0.2, 0.25) is 0 Å². The first kappa shape index (κ1) is 11.5. The fourth-order valence-corrected chi connectivity index (χ4v) is 1.71. The van der Waals surface area contributed by atoms with E-state index in [0.717, 1.165) is 16.5 Å². The van der Waals surface area contributed by atoms with Gasteiger partial charge in [-0.2, -0.15) is 0 Å². The quantitative estimate of drug-likeness (QED) is 0.874. The summed E-state index contributed by atoms with van der Waals surface area (Å²) < 4.78 is 0.870. The van der Waals surface area contributed by atoms with Crippen LogP contribution in [-0.2, 0) is 0 Å². The molecule has 0 fully saturated rings. The Labute approximate surface area is 93.3 Å². The van der Waals surface area contributed by atoms with E-state index < -0.39 is 0 Å². The Hall–Kier alpha value is -0.540. The van der Waals surface area contributed by atoms with Gasteiger partial charge in [-0.15, -0.1) is 0 Å². The molecule has 0 saturated heterocycles. The standard InChI is InChI=1S/C11H16BrNO/c1-3-7(2)11(13)9-5-4-8(12)6-10(9)14/h4-7,11,14H,3,13H2,1-2H3/t7?,11-/m0/s1. The van der Waals surface area contributed by atoms with E-state index in [1.165, 1.54) is 0 Å². The summed E-state index contributed by atoms with van der Waals surface area (Å²) in [6.45, 7) is 4.19. The van der Waals surface area contributed by atoms with Crippen LogP contribution in [0, 0.1) is 5.92 Å². The van der Waals surface area contributed by atoms with E-state index >= 15 is 0 Å². The van der Waals surface area contributed by atoms with Crippen LogP contribution in [0.3, 0.4) is 0 Å². The normalized spacial score (nSPS) is 15.1. The molecule has 1 rings (SSSR count). The molecule has 1 unspecified atom stereocenters. The topological polar surface area (TPSA) is 46.2 Å². The third-order valence-corrected chi connectivity index (χ3v) is 3.10. The average molecular weight is 258 g/mol. The third-order valence-electron chi connectivity index (χ3n) is 2.61. The molecule has 1 aromatic rings. The van der Waals surface area contributed by atoms with Gasteiger partial charge in [-0.05, 0) is 18.1 Å². The number of rotatable bonds is 3. The molecule has 0 heterocycles. The van der Waals surface area contributed by atoms with Crippen molar-refractivity contribution in [1.29, 1.82) is 0 Å². The zero-order valence-corrected chi connectivity index (χ0v) is 10.1. The van der Waals surface area contributed by atoms with Crippen molar-refractivity contribution in [2.24, 2.45) is 11.7 Å². The molecule has 2 nitrogen and oxygen atoms in total. The van der Waals surface area contributed by atoms with Crippen molar-refractivity contribution in [1.82, 2.24) is 0 Å². The number of hydrogen-bond acceptors (Lipinski definition) is 2. The maximum absolute atomic E-state index is 9.70.